The number of primary sulfonamides is 1. The fourth-order valence-corrected chi connectivity index (χ4v) is 2.98. The highest BCUT2D eigenvalue weighted by Gasteiger charge is 2.08. The van der Waals surface area contributed by atoms with Crippen LogP contribution in [0.4, 0.5) is 4.39 Å². The summed E-state index contributed by atoms with van der Waals surface area (Å²) in [4.78, 5) is 17.8. The van der Waals surface area contributed by atoms with E-state index in [2.05, 4.69) is 15.6 Å². The maximum atomic E-state index is 13.8. The molecule has 8 nitrogen and oxygen atoms in total. The molecule has 2 aromatic rings. The first-order chi connectivity index (χ1) is 14.2. The van der Waals surface area contributed by atoms with Crippen LogP contribution in [-0.4, -0.2) is 52.4 Å². The minimum absolute atomic E-state index is 0. The average Bonchev–Trinajstić information content (AvgIpc) is 2.70. The predicted molar refractivity (Wildman–Crippen MR) is 129 cm³/mol. The van der Waals surface area contributed by atoms with Crippen LogP contribution in [0.25, 0.3) is 0 Å². The highest BCUT2D eigenvalue weighted by molar-refractivity contribution is 14.0. The quantitative estimate of drug-likeness (QED) is 0.256. The summed E-state index contributed by atoms with van der Waals surface area (Å²) >= 11 is 0. The molecule has 0 aliphatic rings. The second kappa shape index (κ2) is 12.6. The van der Waals surface area contributed by atoms with Crippen molar-refractivity contribution in [3.63, 3.8) is 0 Å². The summed E-state index contributed by atoms with van der Waals surface area (Å²) in [6.45, 7) is 0.701. The molecule has 0 fully saturated rings. The van der Waals surface area contributed by atoms with Crippen molar-refractivity contribution < 1.29 is 17.6 Å². The molecular formula is C20H27FIN5O3S. The van der Waals surface area contributed by atoms with E-state index in [1.54, 1.807) is 44.4 Å². The number of hydrogen-bond acceptors (Lipinski definition) is 4. The maximum Gasteiger partial charge on any atom is 0.241 e. The van der Waals surface area contributed by atoms with Crippen molar-refractivity contribution in [1.29, 1.82) is 0 Å². The van der Waals surface area contributed by atoms with Gasteiger partial charge in [-0.3, -0.25) is 4.79 Å². The van der Waals surface area contributed by atoms with Gasteiger partial charge >= 0.3 is 0 Å². The smallest absolute Gasteiger partial charge is 0.241 e. The molecule has 31 heavy (non-hydrogen) atoms. The van der Waals surface area contributed by atoms with Crippen LogP contribution in [0.15, 0.2) is 58.4 Å². The number of hydrogen-bond donors (Lipinski definition) is 3. The third-order valence-electron chi connectivity index (χ3n) is 4.22. The van der Waals surface area contributed by atoms with Gasteiger partial charge in [-0.15, -0.1) is 24.0 Å². The van der Waals surface area contributed by atoms with Crippen LogP contribution in [0.1, 0.15) is 11.1 Å². The highest BCUT2D eigenvalue weighted by atomic mass is 127. The van der Waals surface area contributed by atoms with Crippen molar-refractivity contribution in [2.24, 2.45) is 10.1 Å². The summed E-state index contributed by atoms with van der Waals surface area (Å²) in [5, 5.41) is 11.1. The molecule has 2 rings (SSSR count). The van der Waals surface area contributed by atoms with Crippen molar-refractivity contribution >= 4 is 45.9 Å². The van der Waals surface area contributed by atoms with E-state index in [9.17, 15) is 17.6 Å². The van der Waals surface area contributed by atoms with Crippen LogP contribution in [0.5, 0.6) is 0 Å². The van der Waals surface area contributed by atoms with Crippen molar-refractivity contribution in [1.82, 2.24) is 15.5 Å². The third kappa shape index (κ3) is 9.19. The molecule has 0 heterocycles. The molecule has 0 bridgehead atoms. The van der Waals surface area contributed by atoms with E-state index in [4.69, 9.17) is 5.14 Å². The summed E-state index contributed by atoms with van der Waals surface area (Å²) in [6, 6.07) is 12.6. The Labute approximate surface area is 199 Å². The molecule has 0 aliphatic heterocycles. The van der Waals surface area contributed by atoms with Gasteiger partial charge in [-0.1, -0.05) is 30.3 Å². The number of rotatable bonds is 8. The number of carbonyl (C=O) groups excluding carboxylic acids is 1. The number of nitrogens with zero attached hydrogens (tertiary/aromatic N) is 2. The van der Waals surface area contributed by atoms with Crippen LogP contribution in [0.2, 0.25) is 0 Å². The first-order valence-electron chi connectivity index (χ1n) is 9.24. The van der Waals surface area contributed by atoms with E-state index in [-0.39, 0.29) is 53.7 Å². The Hall–Kier alpha value is -2.25. The molecule has 11 heteroatoms. The van der Waals surface area contributed by atoms with Crippen LogP contribution in [0, 0.1) is 5.82 Å². The predicted octanol–water partition coefficient (Wildman–Crippen LogP) is 1.46. The van der Waals surface area contributed by atoms with Gasteiger partial charge in [-0.25, -0.2) is 22.9 Å². The summed E-state index contributed by atoms with van der Waals surface area (Å²) < 4.78 is 36.4. The van der Waals surface area contributed by atoms with Crippen molar-refractivity contribution in [3.05, 3.63) is 65.5 Å². The molecule has 0 spiro atoms. The SMILES string of the molecule is CN(C)C(=O)CNC(=NCc1ccc(S(N)(=O)=O)cc1)NCCc1ccccc1F.I. The molecule has 0 atom stereocenters. The molecule has 4 N–H and O–H groups in total. The number of benzene rings is 2. The largest absolute Gasteiger partial charge is 0.356 e. The number of sulfonamides is 1. The summed E-state index contributed by atoms with van der Waals surface area (Å²) in [5.41, 5.74) is 1.34. The summed E-state index contributed by atoms with van der Waals surface area (Å²) in [5.74, 6) is -0.0170. The van der Waals surface area contributed by atoms with Crippen molar-refractivity contribution in [3.8, 4) is 0 Å². The standard InChI is InChI=1S/C20H26FN5O3S.HI/c1-26(2)19(27)14-25-20(23-12-11-16-5-3-4-6-18(16)21)24-13-15-7-9-17(10-8-15)30(22,28)29;/h3-10H,11-14H2,1-2H3,(H2,22,28,29)(H2,23,24,25);1H. The minimum atomic E-state index is -3.75. The van der Waals surface area contributed by atoms with Gasteiger partial charge in [0.25, 0.3) is 0 Å². The third-order valence-corrected chi connectivity index (χ3v) is 5.15. The molecule has 0 saturated carbocycles. The highest BCUT2D eigenvalue weighted by Crippen LogP contribution is 2.09. The summed E-state index contributed by atoms with van der Waals surface area (Å²) in [7, 11) is -0.448. The van der Waals surface area contributed by atoms with Crippen LogP contribution >= 0.6 is 24.0 Å². The zero-order valence-electron chi connectivity index (χ0n) is 17.3. The lowest BCUT2D eigenvalue weighted by atomic mass is 10.1. The van der Waals surface area contributed by atoms with Gasteiger partial charge in [-0.2, -0.15) is 0 Å². The topological polar surface area (TPSA) is 117 Å². The Balaban J connectivity index is 0.00000480. The number of amides is 1. The lowest BCUT2D eigenvalue weighted by Gasteiger charge is -2.15. The second-order valence-corrected chi connectivity index (χ2v) is 8.33. The van der Waals surface area contributed by atoms with Crippen LogP contribution < -0.4 is 15.8 Å². The molecule has 1 amide bonds. The van der Waals surface area contributed by atoms with E-state index in [1.165, 1.54) is 23.1 Å². The Morgan fingerprint density at radius 3 is 2.32 bits per heavy atom. The van der Waals surface area contributed by atoms with Crippen LogP contribution in [0.3, 0.4) is 0 Å². The Morgan fingerprint density at radius 1 is 1.10 bits per heavy atom. The van der Waals surface area contributed by atoms with Gasteiger partial charge in [0, 0.05) is 20.6 Å². The lowest BCUT2D eigenvalue weighted by Crippen LogP contribution is -2.43. The molecule has 0 radical (unpaired) electrons. The molecule has 0 aromatic heterocycles. The molecule has 0 saturated heterocycles. The lowest BCUT2D eigenvalue weighted by molar-refractivity contribution is -0.127. The molecule has 0 unspecified atom stereocenters. The van der Waals surface area contributed by atoms with E-state index in [0.29, 0.717) is 24.5 Å². The molecule has 0 aliphatic carbocycles. The van der Waals surface area contributed by atoms with Gasteiger partial charge < -0.3 is 15.5 Å². The molecule has 2 aromatic carbocycles. The fraction of sp³-hybridized carbons (Fsp3) is 0.300. The minimum Gasteiger partial charge on any atom is -0.356 e. The number of halogens is 2. The van der Waals surface area contributed by atoms with E-state index in [0.717, 1.165) is 5.56 Å². The molecular weight excluding hydrogens is 536 g/mol. The maximum absolute atomic E-state index is 13.8. The Morgan fingerprint density at radius 2 is 1.74 bits per heavy atom. The number of nitrogens with one attached hydrogen (secondary N) is 2. The van der Waals surface area contributed by atoms with Crippen LogP contribution in [-0.2, 0) is 27.8 Å². The second-order valence-electron chi connectivity index (χ2n) is 6.76. The zero-order valence-corrected chi connectivity index (χ0v) is 20.5. The number of nitrogens with two attached hydrogens (primary N) is 1. The fourth-order valence-electron chi connectivity index (χ4n) is 2.46. The van der Waals surface area contributed by atoms with E-state index >= 15 is 0 Å². The Kier molecular flexibility index (Phi) is 10.9. The number of aliphatic imine (C=N–C) groups is 1. The van der Waals surface area contributed by atoms with E-state index in [1.807, 2.05) is 0 Å². The Bertz CT molecular complexity index is 998. The monoisotopic (exact) mass is 563 g/mol. The first kappa shape index (κ1) is 26.8. The van der Waals surface area contributed by atoms with Gasteiger partial charge in [-0.05, 0) is 35.7 Å². The van der Waals surface area contributed by atoms with Gasteiger partial charge in [0.1, 0.15) is 5.82 Å². The van der Waals surface area contributed by atoms with Gasteiger partial charge in [0.15, 0.2) is 5.96 Å². The normalized spacial score (nSPS) is 11.4. The summed E-state index contributed by atoms with van der Waals surface area (Å²) in [6.07, 6.45) is 0.443. The number of guanidine groups is 1. The van der Waals surface area contributed by atoms with E-state index < -0.39 is 10.0 Å². The number of likely N-dealkylation sites (N-methyl/N-ethyl adjacent to an activating group) is 1. The van der Waals surface area contributed by atoms with Crippen molar-refractivity contribution in [2.75, 3.05) is 27.2 Å². The molecule has 170 valence electrons. The average molecular weight is 563 g/mol. The van der Waals surface area contributed by atoms with Crippen molar-refractivity contribution in [2.45, 2.75) is 17.9 Å². The number of carbonyl (C=O) groups is 1. The first-order valence-corrected chi connectivity index (χ1v) is 10.8. The van der Waals surface area contributed by atoms with Gasteiger partial charge in [0.2, 0.25) is 15.9 Å². The van der Waals surface area contributed by atoms with Gasteiger partial charge in [0.05, 0.1) is 18.0 Å². The zero-order chi connectivity index (χ0) is 22.1.